The fraction of sp³-hybridized carbons (Fsp3) is 0.278. The smallest absolute Gasteiger partial charge is 0.138 e. The van der Waals surface area contributed by atoms with Crippen LogP contribution < -0.4 is 5.32 Å². The van der Waals surface area contributed by atoms with Crippen molar-refractivity contribution in [2.24, 2.45) is 0 Å². The van der Waals surface area contributed by atoms with E-state index in [1.165, 1.54) is 5.56 Å². The quantitative estimate of drug-likeness (QED) is 0.760. The summed E-state index contributed by atoms with van der Waals surface area (Å²) >= 11 is 0. The van der Waals surface area contributed by atoms with E-state index in [2.05, 4.69) is 64.9 Å². The maximum absolute atomic E-state index is 4.33. The predicted octanol–water partition coefficient (Wildman–Crippen LogP) is 4.16. The van der Waals surface area contributed by atoms with Crippen LogP contribution in [0, 0.1) is 0 Å². The monoisotopic (exact) mass is 279 g/mol. The summed E-state index contributed by atoms with van der Waals surface area (Å²) in [6.45, 7) is 4.48. The molecule has 3 nitrogen and oxygen atoms in total. The Hall–Kier alpha value is -2.29. The van der Waals surface area contributed by atoms with E-state index in [0.717, 1.165) is 24.3 Å². The molecule has 3 rings (SSSR count). The number of pyridine rings is 1. The first-order valence-corrected chi connectivity index (χ1v) is 7.38. The molecular weight excluding hydrogens is 258 g/mol. The van der Waals surface area contributed by atoms with Crippen LogP contribution in [0.3, 0.4) is 0 Å². The van der Waals surface area contributed by atoms with Crippen molar-refractivity contribution in [3.05, 3.63) is 66.5 Å². The number of benzene rings is 1. The van der Waals surface area contributed by atoms with Crippen molar-refractivity contribution >= 4 is 11.5 Å². The molecule has 0 bridgehead atoms. The first-order chi connectivity index (χ1) is 10.1. The van der Waals surface area contributed by atoms with Crippen LogP contribution in [0.5, 0.6) is 0 Å². The number of nitrogens with zero attached hydrogens (tertiary/aromatic N) is 2. The number of aryl methyl sites for hydroxylation is 1. The van der Waals surface area contributed by atoms with Crippen LogP contribution >= 0.6 is 0 Å². The van der Waals surface area contributed by atoms with E-state index < -0.39 is 0 Å². The SMILES string of the molecule is CC(C)(CCc1ccccc1)Nc1cccc2nccn12. The van der Waals surface area contributed by atoms with Crippen molar-refractivity contribution < 1.29 is 0 Å². The fourth-order valence-corrected chi connectivity index (χ4v) is 2.56. The summed E-state index contributed by atoms with van der Waals surface area (Å²) in [6, 6.07) is 16.8. The molecule has 0 saturated carbocycles. The Kier molecular flexibility index (Phi) is 3.65. The third-order valence-electron chi connectivity index (χ3n) is 3.78. The number of aromatic nitrogens is 2. The van der Waals surface area contributed by atoms with Crippen LogP contribution in [0.4, 0.5) is 5.82 Å². The maximum atomic E-state index is 4.33. The molecule has 21 heavy (non-hydrogen) atoms. The van der Waals surface area contributed by atoms with Crippen molar-refractivity contribution in [1.82, 2.24) is 9.38 Å². The van der Waals surface area contributed by atoms with Crippen molar-refractivity contribution in [2.45, 2.75) is 32.2 Å². The lowest BCUT2D eigenvalue weighted by molar-refractivity contribution is 0.516. The van der Waals surface area contributed by atoms with Gasteiger partial charge in [-0.05, 0) is 44.4 Å². The van der Waals surface area contributed by atoms with E-state index in [1.807, 2.05) is 24.5 Å². The summed E-state index contributed by atoms with van der Waals surface area (Å²) in [7, 11) is 0. The summed E-state index contributed by atoms with van der Waals surface area (Å²) < 4.78 is 2.09. The van der Waals surface area contributed by atoms with Gasteiger partial charge >= 0.3 is 0 Å². The van der Waals surface area contributed by atoms with E-state index in [1.54, 1.807) is 0 Å². The number of rotatable bonds is 5. The lowest BCUT2D eigenvalue weighted by Crippen LogP contribution is -2.32. The molecule has 1 N–H and O–H groups in total. The minimum absolute atomic E-state index is 0.0222. The topological polar surface area (TPSA) is 29.3 Å². The van der Waals surface area contributed by atoms with Gasteiger partial charge in [-0.1, -0.05) is 36.4 Å². The van der Waals surface area contributed by atoms with Crippen LogP contribution in [0.1, 0.15) is 25.8 Å². The number of imidazole rings is 1. The first kappa shape index (κ1) is 13.7. The van der Waals surface area contributed by atoms with Gasteiger partial charge in [-0.3, -0.25) is 4.40 Å². The van der Waals surface area contributed by atoms with Gasteiger partial charge in [-0.2, -0.15) is 0 Å². The van der Waals surface area contributed by atoms with Gasteiger partial charge in [0.25, 0.3) is 0 Å². The number of anilines is 1. The van der Waals surface area contributed by atoms with Gasteiger partial charge < -0.3 is 5.32 Å². The first-order valence-electron chi connectivity index (χ1n) is 7.38. The van der Waals surface area contributed by atoms with Crippen molar-refractivity contribution in [2.75, 3.05) is 5.32 Å². The zero-order valence-electron chi connectivity index (χ0n) is 12.6. The van der Waals surface area contributed by atoms with Gasteiger partial charge in [0, 0.05) is 17.9 Å². The Morgan fingerprint density at radius 3 is 2.67 bits per heavy atom. The second-order valence-corrected chi connectivity index (χ2v) is 6.06. The summed E-state index contributed by atoms with van der Waals surface area (Å²) in [5.41, 5.74) is 2.38. The second-order valence-electron chi connectivity index (χ2n) is 6.06. The van der Waals surface area contributed by atoms with E-state index in [4.69, 9.17) is 0 Å². The maximum Gasteiger partial charge on any atom is 0.138 e. The molecular formula is C18H21N3. The highest BCUT2D eigenvalue weighted by molar-refractivity contribution is 5.50. The van der Waals surface area contributed by atoms with Crippen molar-refractivity contribution in [3.8, 4) is 0 Å². The summed E-state index contributed by atoms with van der Waals surface area (Å²) in [5, 5.41) is 3.64. The summed E-state index contributed by atoms with van der Waals surface area (Å²) in [6.07, 6.45) is 5.96. The molecule has 0 aliphatic rings. The minimum atomic E-state index is 0.0222. The lowest BCUT2D eigenvalue weighted by Gasteiger charge is -2.28. The summed E-state index contributed by atoms with van der Waals surface area (Å²) in [4.78, 5) is 4.33. The van der Waals surface area contributed by atoms with Crippen LogP contribution in [0.2, 0.25) is 0 Å². The second kappa shape index (κ2) is 5.60. The van der Waals surface area contributed by atoms with Gasteiger partial charge in [0.15, 0.2) is 0 Å². The molecule has 0 unspecified atom stereocenters. The van der Waals surface area contributed by atoms with Crippen LogP contribution in [0.15, 0.2) is 60.9 Å². The number of hydrogen-bond donors (Lipinski definition) is 1. The average Bonchev–Trinajstić information content (AvgIpc) is 2.96. The number of hydrogen-bond acceptors (Lipinski definition) is 2. The molecule has 0 spiro atoms. The van der Waals surface area contributed by atoms with Gasteiger partial charge in [-0.25, -0.2) is 4.98 Å². The Morgan fingerprint density at radius 1 is 1.05 bits per heavy atom. The number of fused-ring (bicyclic) bond motifs is 1. The number of nitrogens with one attached hydrogen (secondary N) is 1. The van der Waals surface area contributed by atoms with Crippen LogP contribution in [-0.4, -0.2) is 14.9 Å². The molecule has 0 atom stereocenters. The minimum Gasteiger partial charge on any atom is -0.366 e. The Labute approximate surface area is 125 Å². The average molecular weight is 279 g/mol. The van der Waals surface area contributed by atoms with Gasteiger partial charge in [0.2, 0.25) is 0 Å². The van der Waals surface area contributed by atoms with E-state index in [9.17, 15) is 0 Å². The standard InChI is InChI=1S/C18H21N3/c1-18(2,12-11-15-7-4-3-5-8-15)20-17-10-6-9-16-19-13-14-21(16)17/h3-10,13-14,20H,11-12H2,1-2H3. The molecule has 0 aliphatic carbocycles. The molecule has 3 aromatic rings. The van der Waals surface area contributed by atoms with Crippen LogP contribution in [-0.2, 0) is 6.42 Å². The van der Waals surface area contributed by atoms with Gasteiger partial charge in [-0.15, -0.1) is 0 Å². The molecule has 2 heterocycles. The van der Waals surface area contributed by atoms with Gasteiger partial charge in [0.1, 0.15) is 11.5 Å². The molecule has 0 saturated heterocycles. The molecule has 108 valence electrons. The summed E-state index contributed by atoms with van der Waals surface area (Å²) in [5.74, 6) is 1.09. The molecule has 3 heteroatoms. The highest BCUT2D eigenvalue weighted by Crippen LogP contribution is 2.21. The highest BCUT2D eigenvalue weighted by Gasteiger charge is 2.18. The van der Waals surface area contributed by atoms with E-state index in [0.29, 0.717) is 0 Å². The molecule has 0 radical (unpaired) electrons. The van der Waals surface area contributed by atoms with Crippen molar-refractivity contribution in [1.29, 1.82) is 0 Å². The fourth-order valence-electron chi connectivity index (χ4n) is 2.56. The van der Waals surface area contributed by atoms with Crippen LogP contribution in [0.25, 0.3) is 5.65 Å². The highest BCUT2D eigenvalue weighted by atomic mass is 15.1. The molecule has 2 aromatic heterocycles. The third-order valence-corrected chi connectivity index (χ3v) is 3.78. The predicted molar refractivity (Wildman–Crippen MR) is 87.7 cm³/mol. The third kappa shape index (κ3) is 3.24. The zero-order chi connectivity index (χ0) is 14.7. The van der Waals surface area contributed by atoms with Gasteiger partial charge in [0.05, 0.1) is 0 Å². The Balaban J connectivity index is 1.72. The van der Waals surface area contributed by atoms with E-state index in [-0.39, 0.29) is 5.54 Å². The molecule has 1 aromatic carbocycles. The van der Waals surface area contributed by atoms with Crippen molar-refractivity contribution in [3.63, 3.8) is 0 Å². The zero-order valence-corrected chi connectivity index (χ0v) is 12.6. The molecule has 0 aliphatic heterocycles. The Bertz CT molecular complexity index is 713. The van der Waals surface area contributed by atoms with E-state index >= 15 is 0 Å². The molecule has 0 amide bonds. The Morgan fingerprint density at radius 2 is 1.86 bits per heavy atom. The normalized spacial score (nSPS) is 11.7. The largest absolute Gasteiger partial charge is 0.366 e. The lowest BCUT2D eigenvalue weighted by atomic mass is 9.95. The molecule has 0 fully saturated rings.